The fourth-order valence-electron chi connectivity index (χ4n) is 4.74. The zero-order chi connectivity index (χ0) is 28.2. The number of pyridine rings is 1. The largest absolute Gasteiger partial charge is 0.467 e. The SMILES string of the molecule is COc1ncc(-c2ccnc(N(C(=O)O)[C@H]3CC[C@H](Nc4ncc(C#N)c(-c5nn(C)cc5Cl)n4)CC3)c2)cn1. The molecule has 40 heavy (non-hydrogen) atoms. The summed E-state index contributed by atoms with van der Waals surface area (Å²) in [5.74, 6) is 0.690. The van der Waals surface area contributed by atoms with Gasteiger partial charge in [-0.25, -0.2) is 29.7 Å². The molecule has 0 aliphatic heterocycles. The van der Waals surface area contributed by atoms with Gasteiger partial charge in [-0.05, 0) is 43.4 Å². The number of rotatable bonds is 7. The Kier molecular flexibility index (Phi) is 7.70. The molecule has 0 spiro atoms. The minimum Gasteiger partial charge on any atom is -0.467 e. The summed E-state index contributed by atoms with van der Waals surface area (Å²) in [4.78, 5) is 35.1. The number of amides is 1. The van der Waals surface area contributed by atoms with Gasteiger partial charge in [-0.1, -0.05) is 11.6 Å². The lowest BCUT2D eigenvalue weighted by Crippen LogP contribution is -2.44. The van der Waals surface area contributed by atoms with Gasteiger partial charge in [0, 0.05) is 49.5 Å². The van der Waals surface area contributed by atoms with Crippen LogP contribution in [0.2, 0.25) is 5.02 Å². The van der Waals surface area contributed by atoms with Gasteiger partial charge < -0.3 is 15.2 Å². The number of methoxy groups -OCH3 is 1. The van der Waals surface area contributed by atoms with Crippen LogP contribution in [0, 0.1) is 11.3 Å². The van der Waals surface area contributed by atoms with Crippen LogP contribution in [-0.4, -0.2) is 65.1 Å². The molecule has 1 fully saturated rings. The van der Waals surface area contributed by atoms with Crippen LogP contribution in [0.15, 0.2) is 43.1 Å². The normalized spacial score (nSPS) is 16.6. The van der Waals surface area contributed by atoms with Crippen LogP contribution < -0.4 is 15.0 Å². The average Bonchev–Trinajstić information content (AvgIpc) is 3.31. The van der Waals surface area contributed by atoms with Gasteiger partial charge in [0.15, 0.2) is 0 Å². The molecular formula is C26H25ClN10O3. The van der Waals surface area contributed by atoms with Crippen LogP contribution in [0.3, 0.4) is 0 Å². The van der Waals surface area contributed by atoms with Crippen molar-refractivity contribution in [3.05, 3.63) is 53.7 Å². The Morgan fingerprint density at radius 3 is 2.52 bits per heavy atom. The number of hydrogen-bond acceptors (Lipinski definition) is 10. The van der Waals surface area contributed by atoms with Crippen molar-refractivity contribution in [2.24, 2.45) is 7.05 Å². The summed E-state index contributed by atoms with van der Waals surface area (Å²) in [6, 6.07) is 5.59. The Labute approximate surface area is 234 Å². The molecule has 0 atom stereocenters. The van der Waals surface area contributed by atoms with Crippen LogP contribution in [0.4, 0.5) is 16.6 Å². The first-order chi connectivity index (χ1) is 19.4. The van der Waals surface area contributed by atoms with Crippen molar-refractivity contribution in [2.75, 3.05) is 17.3 Å². The van der Waals surface area contributed by atoms with E-state index in [0.29, 0.717) is 53.9 Å². The molecule has 4 heterocycles. The maximum Gasteiger partial charge on any atom is 0.413 e. The Hall–Kier alpha value is -4.83. The van der Waals surface area contributed by atoms with E-state index in [1.807, 2.05) is 0 Å². The van der Waals surface area contributed by atoms with E-state index in [9.17, 15) is 15.2 Å². The van der Waals surface area contributed by atoms with Gasteiger partial charge in [-0.2, -0.15) is 10.4 Å². The zero-order valence-electron chi connectivity index (χ0n) is 21.7. The molecule has 14 heteroatoms. The number of carbonyl (C=O) groups is 1. The van der Waals surface area contributed by atoms with Gasteiger partial charge in [0.25, 0.3) is 0 Å². The second kappa shape index (κ2) is 11.5. The monoisotopic (exact) mass is 560 g/mol. The maximum atomic E-state index is 12.3. The lowest BCUT2D eigenvalue weighted by molar-refractivity contribution is 0.195. The number of carboxylic acid groups (broad SMARTS) is 1. The highest BCUT2D eigenvalue weighted by Crippen LogP contribution is 2.31. The number of ether oxygens (including phenoxy) is 1. The summed E-state index contributed by atoms with van der Waals surface area (Å²) < 4.78 is 6.57. The summed E-state index contributed by atoms with van der Waals surface area (Å²) in [5.41, 5.74) is 2.49. The minimum atomic E-state index is -1.07. The molecule has 204 valence electrons. The zero-order valence-corrected chi connectivity index (χ0v) is 22.4. The summed E-state index contributed by atoms with van der Waals surface area (Å²) in [7, 11) is 3.22. The highest BCUT2D eigenvalue weighted by atomic mass is 35.5. The third-order valence-electron chi connectivity index (χ3n) is 6.66. The summed E-state index contributed by atoms with van der Waals surface area (Å²) >= 11 is 6.29. The Morgan fingerprint density at radius 2 is 1.90 bits per heavy atom. The van der Waals surface area contributed by atoms with E-state index in [4.69, 9.17) is 16.3 Å². The molecule has 1 amide bonds. The molecule has 4 aromatic heterocycles. The molecule has 1 aliphatic carbocycles. The van der Waals surface area contributed by atoms with Gasteiger partial charge in [-0.3, -0.25) is 9.58 Å². The van der Waals surface area contributed by atoms with Crippen LogP contribution in [0.5, 0.6) is 6.01 Å². The molecule has 2 N–H and O–H groups in total. The minimum absolute atomic E-state index is 0.0163. The van der Waals surface area contributed by atoms with Gasteiger partial charge in [0.2, 0.25) is 5.95 Å². The van der Waals surface area contributed by atoms with Gasteiger partial charge in [0.1, 0.15) is 23.3 Å². The number of aromatic nitrogens is 7. The first-order valence-corrected chi connectivity index (χ1v) is 12.8. The third kappa shape index (κ3) is 5.62. The van der Waals surface area contributed by atoms with E-state index in [2.05, 4.69) is 41.4 Å². The van der Waals surface area contributed by atoms with Crippen molar-refractivity contribution in [2.45, 2.75) is 37.8 Å². The summed E-state index contributed by atoms with van der Waals surface area (Å²) in [5, 5.41) is 27.6. The molecule has 13 nitrogen and oxygen atoms in total. The van der Waals surface area contributed by atoms with Crippen molar-refractivity contribution in [1.29, 1.82) is 5.26 Å². The fourth-order valence-corrected chi connectivity index (χ4v) is 5.00. The second-order valence-electron chi connectivity index (χ2n) is 9.23. The highest BCUT2D eigenvalue weighted by Gasteiger charge is 2.31. The van der Waals surface area contributed by atoms with E-state index in [-0.39, 0.29) is 23.7 Å². The van der Waals surface area contributed by atoms with Gasteiger partial charge >= 0.3 is 12.1 Å². The number of nitrogens with zero attached hydrogens (tertiary/aromatic N) is 9. The predicted molar refractivity (Wildman–Crippen MR) is 146 cm³/mol. The maximum absolute atomic E-state index is 12.3. The molecule has 1 aliphatic rings. The van der Waals surface area contributed by atoms with E-state index in [1.54, 1.807) is 48.6 Å². The number of aryl methyl sites for hydroxylation is 1. The lowest BCUT2D eigenvalue weighted by Gasteiger charge is -2.35. The highest BCUT2D eigenvalue weighted by molar-refractivity contribution is 6.33. The standard InChI is InChI=1S/C26H25ClN10O3/c1-36-14-20(27)23(35-36)22-16(10-28)11-30-24(34-22)33-18-3-5-19(6-4-18)37(26(38)39)21-9-15(7-8-29-21)17-12-31-25(40-2)32-13-17/h7-9,11-14,18-19H,3-6H2,1-2H3,(H,38,39)(H,30,33,34)/t18-,19-. The first kappa shape index (κ1) is 26.8. The average molecular weight is 561 g/mol. The van der Waals surface area contributed by atoms with E-state index in [1.165, 1.54) is 18.2 Å². The van der Waals surface area contributed by atoms with Crippen molar-refractivity contribution in [3.63, 3.8) is 0 Å². The van der Waals surface area contributed by atoms with Crippen LogP contribution in [-0.2, 0) is 7.05 Å². The van der Waals surface area contributed by atoms with Crippen molar-refractivity contribution < 1.29 is 14.6 Å². The predicted octanol–water partition coefficient (Wildman–Crippen LogP) is 4.17. The molecule has 4 aromatic rings. The Morgan fingerprint density at radius 1 is 1.15 bits per heavy atom. The van der Waals surface area contributed by atoms with E-state index < -0.39 is 6.09 Å². The Balaban J connectivity index is 1.29. The van der Waals surface area contributed by atoms with Crippen LogP contribution in [0.1, 0.15) is 31.2 Å². The number of hydrogen-bond donors (Lipinski definition) is 2. The summed E-state index contributed by atoms with van der Waals surface area (Å²) in [6.45, 7) is 0. The molecule has 0 radical (unpaired) electrons. The number of nitrogens with one attached hydrogen (secondary N) is 1. The summed E-state index contributed by atoms with van der Waals surface area (Å²) in [6.07, 6.45) is 9.40. The molecular weight excluding hydrogens is 536 g/mol. The Bertz CT molecular complexity index is 1560. The second-order valence-corrected chi connectivity index (χ2v) is 9.64. The molecule has 0 bridgehead atoms. The number of anilines is 2. The molecule has 5 rings (SSSR count). The van der Waals surface area contributed by atoms with Gasteiger partial charge in [-0.15, -0.1) is 0 Å². The topological polar surface area (TPSA) is 168 Å². The molecule has 0 aromatic carbocycles. The third-order valence-corrected chi connectivity index (χ3v) is 6.93. The smallest absolute Gasteiger partial charge is 0.413 e. The van der Waals surface area contributed by atoms with Crippen LogP contribution >= 0.6 is 11.6 Å². The fraction of sp³-hybridized carbons (Fsp3) is 0.308. The van der Waals surface area contributed by atoms with Crippen LogP contribution in [0.25, 0.3) is 22.5 Å². The first-order valence-electron chi connectivity index (χ1n) is 12.4. The van der Waals surface area contributed by atoms with Gasteiger partial charge in [0.05, 0.1) is 23.9 Å². The molecule has 0 unspecified atom stereocenters. The lowest BCUT2D eigenvalue weighted by atomic mass is 9.90. The quantitative estimate of drug-likeness (QED) is 0.332. The van der Waals surface area contributed by atoms with E-state index in [0.717, 1.165) is 11.1 Å². The van der Waals surface area contributed by atoms with E-state index >= 15 is 0 Å². The van der Waals surface area contributed by atoms with Crippen molar-refractivity contribution in [3.8, 4) is 34.6 Å². The number of halogens is 1. The number of nitriles is 1. The van der Waals surface area contributed by atoms with Crippen molar-refractivity contribution >= 4 is 29.5 Å². The molecule has 0 saturated heterocycles. The van der Waals surface area contributed by atoms with Crippen molar-refractivity contribution in [1.82, 2.24) is 34.7 Å². The molecule has 1 saturated carbocycles.